The molecule has 0 saturated carbocycles. The SMILES string of the molecule is CCC(CO)NCC1=CCCOC1. The Balaban J connectivity index is 2.20. The molecule has 13 heavy (non-hydrogen) atoms. The molecule has 0 spiro atoms. The summed E-state index contributed by atoms with van der Waals surface area (Å²) in [7, 11) is 0. The normalized spacial score (nSPS) is 19.7. The summed E-state index contributed by atoms with van der Waals surface area (Å²) in [5.74, 6) is 0. The van der Waals surface area contributed by atoms with Gasteiger partial charge in [-0.1, -0.05) is 13.0 Å². The van der Waals surface area contributed by atoms with Crippen molar-refractivity contribution in [1.29, 1.82) is 0 Å². The summed E-state index contributed by atoms with van der Waals surface area (Å²) in [5.41, 5.74) is 1.30. The highest BCUT2D eigenvalue weighted by molar-refractivity contribution is 5.06. The number of aliphatic hydroxyl groups is 1. The van der Waals surface area contributed by atoms with Gasteiger partial charge in [-0.2, -0.15) is 0 Å². The summed E-state index contributed by atoms with van der Waals surface area (Å²) in [6, 6.07) is 0.225. The maximum absolute atomic E-state index is 8.94. The van der Waals surface area contributed by atoms with Crippen molar-refractivity contribution in [3.05, 3.63) is 11.6 Å². The summed E-state index contributed by atoms with van der Waals surface area (Å²) < 4.78 is 5.31. The van der Waals surface area contributed by atoms with Crippen LogP contribution < -0.4 is 5.32 Å². The first-order chi connectivity index (χ1) is 6.36. The Kier molecular flexibility index (Phi) is 5.05. The lowest BCUT2D eigenvalue weighted by Gasteiger charge is -2.18. The first-order valence-electron chi connectivity index (χ1n) is 4.96. The molecule has 3 heteroatoms. The molecule has 0 radical (unpaired) electrons. The predicted molar refractivity (Wildman–Crippen MR) is 52.7 cm³/mol. The monoisotopic (exact) mass is 185 g/mol. The van der Waals surface area contributed by atoms with Crippen molar-refractivity contribution in [2.24, 2.45) is 0 Å². The van der Waals surface area contributed by atoms with Crippen molar-refractivity contribution >= 4 is 0 Å². The molecule has 1 aliphatic heterocycles. The van der Waals surface area contributed by atoms with Gasteiger partial charge in [0.15, 0.2) is 0 Å². The number of nitrogens with one attached hydrogen (secondary N) is 1. The smallest absolute Gasteiger partial charge is 0.0689 e. The summed E-state index contributed by atoms with van der Waals surface area (Å²) in [6.45, 7) is 4.72. The number of hydrogen-bond donors (Lipinski definition) is 2. The molecule has 0 fully saturated rings. The van der Waals surface area contributed by atoms with Gasteiger partial charge in [0.1, 0.15) is 0 Å². The molecule has 0 saturated heterocycles. The molecule has 0 bridgehead atoms. The van der Waals surface area contributed by atoms with E-state index in [0.29, 0.717) is 0 Å². The van der Waals surface area contributed by atoms with E-state index < -0.39 is 0 Å². The zero-order valence-corrected chi connectivity index (χ0v) is 8.25. The number of rotatable bonds is 5. The molecule has 2 N–H and O–H groups in total. The highest BCUT2D eigenvalue weighted by Crippen LogP contribution is 2.04. The molecule has 0 aromatic carbocycles. The summed E-state index contributed by atoms with van der Waals surface area (Å²) in [6.07, 6.45) is 4.21. The Labute approximate surface area is 79.8 Å². The third-order valence-corrected chi connectivity index (χ3v) is 2.31. The van der Waals surface area contributed by atoms with Gasteiger partial charge < -0.3 is 15.2 Å². The Morgan fingerprint density at radius 2 is 2.54 bits per heavy atom. The van der Waals surface area contributed by atoms with Gasteiger partial charge >= 0.3 is 0 Å². The van der Waals surface area contributed by atoms with E-state index in [1.807, 2.05) is 0 Å². The van der Waals surface area contributed by atoms with Crippen LogP contribution in [-0.2, 0) is 4.74 Å². The van der Waals surface area contributed by atoms with E-state index in [1.54, 1.807) is 0 Å². The minimum Gasteiger partial charge on any atom is -0.395 e. The molecule has 0 aromatic heterocycles. The fourth-order valence-corrected chi connectivity index (χ4v) is 1.35. The molecule has 1 atom stereocenters. The predicted octanol–water partition coefficient (Wildman–Crippen LogP) is 0.694. The van der Waals surface area contributed by atoms with Crippen LogP contribution in [0.2, 0.25) is 0 Å². The average Bonchev–Trinajstić information content (AvgIpc) is 2.21. The van der Waals surface area contributed by atoms with Gasteiger partial charge in [-0.3, -0.25) is 0 Å². The molecular weight excluding hydrogens is 166 g/mol. The molecular formula is C10H19NO2. The van der Waals surface area contributed by atoms with Crippen molar-refractivity contribution in [3.63, 3.8) is 0 Å². The second-order valence-corrected chi connectivity index (χ2v) is 3.37. The van der Waals surface area contributed by atoms with Gasteiger partial charge in [0.2, 0.25) is 0 Å². The van der Waals surface area contributed by atoms with Crippen LogP contribution in [0.3, 0.4) is 0 Å². The van der Waals surface area contributed by atoms with E-state index in [9.17, 15) is 0 Å². The highest BCUT2D eigenvalue weighted by atomic mass is 16.5. The first kappa shape index (κ1) is 10.7. The second-order valence-electron chi connectivity index (χ2n) is 3.37. The number of hydrogen-bond acceptors (Lipinski definition) is 3. The van der Waals surface area contributed by atoms with E-state index in [1.165, 1.54) is 5.57 Å². The molecule has 1 heterocycles. The van der Waals surface area contributed by atoms with E-state index in [4.69, 9.17) is 9.84 Å². The first-order valence-corrected chi connectivity index (χ1v) is 4.96. The van der Waals surface area contributed by atoms with Crippen molar-refractivity contribution in [2.75, 3.05) is 26.4 Å². The van der Waals surface area contributed by atoms with Crippen LogP contribution in [-0.4, -0.2) is 37.5 Å². The lowest BCUT2D eigenvalue weighted by molar-refractivity contribution is 0.147. The van der Waals surface area contributed by atoms with Gasteiger partial charge in [0.05, 0.1) is 19.8 Å². The average molecular weight is 185 g/mol. The van der Waals surface area contributed by atoms with E-state index in [0.717, 1.165) is 32.6 Å². The van der Waals surface area contributed by atoms with E-state index >= 15 is 0 Å². The largest absolute Gasteiger partial charge is 0.395 e. The summed E-state index contributed by atoms with van der Waals surface area (Å²) in [5, 5.41) is 12.2. The van der Waals surface area contributed by atoms with Gasteiger partial charge in [0, 0.05) is 12.6 Å². The van der Waals surface area contributed by atoms with Gasteiger partial charge in [-0.25, -0.2) is 0 Å². The maximum Gasteiger partial charge on any atom is 0.0689 e. The Morgan fingerprint density at radius 1 is 1.69 bits per heavy atom. The third-order valence-electron chi connectivity index (χ3n) is 2.31. The Morgan fingerprint density at radius 3 is 3.08 bits per heavy atom. The quantitative estimate of drug-likeness (QED) is 0.619. The van der Waals surface area contributed by atoms with E-state index in [-0.39, 0.29) is 12.6 Å². The molecule has 0 aliphatic carbocycles. The van der Waals surface area contributed by atoms with Crippen molar-refractivity contribution in [3.8, 4) is 0 Å². The summed E-state index contributed by atoms with van der Waals surface area (Å²) >= 11 is 0. The fraction of sp³-hybridized carbons (Fsp3) is 0.800. The van der Waals surface area contributed by atoms with Crippen molar-refractivity contribution in [2.45, 2.75) is 25.8 Å². The highest BCUT2D eigenvalue weighted by Gasteiger charge is 2.06. The van der Waals surface area contributed by atoms with Crippen LogP contribution in [0, 0.1) is 0 Å². The van der Waals surface area contributed by atoms with Crippen LogP contribution in [0.4, 0.5) is 0 Å². The third kappa shape index (κ3) is 3.89. The summed E-state index contributed by atoms with van der Waals surface area (Å²) in [4.78, 5) is 0. The zero-order chi connectivity index (χ0) is 9.52. The number of aliphatic hydroxyl groups excluding tert-OH is 1. The topological polar surface area (TPSA) is 41.5 Å². The second kappa shape index (κ2) is 6.13. The molecule has 1 unspecified atom stereocenters. The molecule has 0 aromatic rings. The minimum absolute atomic E-state index is 0.213. The zero-order valence-electron chi connectivity index (χ0n) is 8.25. The maximum atomic E-state index is 8.94. The van der Waals surface area contributed by atoms with Crippen LogP contribution in [0.15, 0.2) is 11.6 Å². The van der Waals surface area contributed by atoms with Crippen LogP contribution in [0.5, 0.6) is 0 Å². The number of ether oxygens (including phenoxy) is 1. The molecule has 1 rings (SSSR count). The Bertz CT molecular complexity index is 164. The fourth-order valence-electron chi connectivity index (χ4n) is 1.35. The lowest BCUT2D eigenvalue weighted by atomic mass is 10.1. The van der Waals surface area contributed by atoms with Crippen LogP contribution in [0.1, 0.15) is 19.8 Å². The van der Waals surface area contributed by atoms with Crippen molar-refractivity contribution in [1.82, 2.24) is 5.32 Å². The van der Waals surface area contributed by atoms with Crippen LogP contribution in [0.25, 0.3) is 0 Å². The minimum atomic E-state index is 0.213. The van der Waals surface area contributed by atoms with Gasteiger partial charge in [0.25, 0.3) is 0 Å². The Hall–Kier alpha value is -0.380. The molecule has 0 amide bonds. The van der Waals surface area contributed by atoms with Crippen LogP contribution >= 0.6 is 0 Å². The lowest BCUT2D eigenvalue weighted by Crippen LogP contribution is -2.34. The molecule has 76 valence electrons. The van der Waals surface area contributed by atoms with Gasteiger partial charge in [-0.05, 0) is 18.4 Å². The standard InChI is InChI=1S/C10H19NO2/c1-2-10(7-12)11-6-9-4-3-5-13-8-9/h4,10-12H,2-3,5-8H2,1H3. The molecule has 1 aliphatic rings. The van der Waals surface area contributed by atoms with Gasteiger partial charge in [-0.15, -0.1) is 0 Å². The van der Waals surface area contributed by atoms with E-state index in [2.05, 4.69) is 18.3 Å². The van der Waals surface area contributed by atoms with Crippen molar-refractivity contribution < 1.29 is 9.84 Å². The molecule has 3 nitrogen and oxygen atoms in total.